The number of hydrogen-bond acceptors (Lipinski definition) is 7. The maximum atomic E-state index is 12.3. The summed E-state index contributed by atoms with van der Waals surface area (Å²) in [5.74, 6) is -3.36. The third-order valence-corrected chi connectivity index (χ3v) is 6.20. The second kappa shape index (κ2) is 17.3. The molecule has 0 saturated heterocycles. The predicted octanol–water partition coefficient (Wildman–Crippen LogP) is 1.97. The number of hydrogen-bond donors (Lipinski definition) is 4. The van der Waals surface area contributed by atoms with E-state index in [1.165, 1.54) is 11.8 Å². The zero-order valence-electron chi connectivity index (χ0n) is 21.4. The molecule has 1 rings (SSSR count). The van der Waals surface area contributed by atoms with Gasteiger partial charge >= 0.3 is 18.0 Å². The van der Waals surface area contributed by atoms with E-state index >= 15 is 0 Å². The first-order chi connectivity index (χ1) is 17.9. The van der Waals surface area contributed by atoms with Crippen molar-refractivity contribution in [3.8, 4) is 0 Å². The fraction of sp³-hybridized carbons (Fsp3) is 0.520. The number of ketones is 1. The molecule has 0 aromatic heterocycles. The maximum absolute atomic E-state index is 12.3. The Morgan fingerprint density at radius 2 is 1.63 bits per heavy atom. The molecule has 0 radical (unpaired) electrons. The number of carboxylic acids is 2. The molecule has 210 valence electrons. The minimum atomic E-state index is -1.50. The molecular weight excluding hydrogens is 609 g/mol. The quantitative estimate of drug-likeness (QED) is 0.146. The SMILES string of the molecule is CC(=O)CC[C@H](NC(=O)O[C@@H](CCCCNC(=O)CCN(C)C(=O)Cc1ccc([123I])cc1)C(=O)O)C(=O)O. The Morgan fingerprint density at radius 1 is 0.974 bits per heavy atom. The first-order valence-corrected chi connectivity index (χ1v) is 13.1. The molecule has 0 spiro atoms. The van der Waals surface area contributed by atoms with Crippen LogP contribution in [-0.2, 0) is 35.1 Å². The molecule has 13 heteroatoms. The summed E-state index contributed by atoms with van der Waals surface area (Å²) in [6.07, 6.45) is -1.87. The number of aliphatic carboxylic acids is 2. The summed E-state index contributed by atoms with van der Waals surface area (Å²) in [4.78, 5) is 71.5. The van der Waals surface area contributed by atoms with Crippen LogP contribution in [0.4, 0.5) is 4.79 Å². The van der Waals surface area contributed by atoms with Gasteiger partial charge in [-0.15, -0.1) is 0 Å². The fourth-order valence-corrected chi connectivity index (χ4v) is 3.58. The van der Waals surface area contributed by atoms with Gasteiger partial charge in [0.25, 0.3) is 0 Å². The Kier molecular flexibility index (Phi) is 14.9. The molecule has 3 amide bonds. The van der Waals surface area contributed by atoms with Gasteiger partial charge in [-0.25, -0.2) is 14.4 Å². The van der Waals surface area contributed by atoms with E-state index in [4.69, 9.17) is 9.84 Å². The number of amides is 3. The molecule has 0 bridgehead atoms. The number of unbranched alkanes of at least 4 members (excludes halogenated alkanes) is 1. The van der Waals surface area contributed by atoms with Gasteiger partial charge in [0.05, 0.1) is 6.42 Å². The normalized spacial score (nSPS) is 12.1. The van der Waals surface area contributed by atoms with Gasteiger partial charge in [0, 0.05) is 36.5 Å². The highest BCUT2D eigenvalue weighted by Crippen LogP contribution is 2.09. The van der Waals surface area contributed by atoms with Gasteiger partial charge < -0.3 is 35.3 Å². The van der Waals surface area contributed by atoms with Gasteiger partial charge in [-0.2, -0.15) is 0 Å². The van der Waals surface area contributed by atoms with Crippen molar-refractivity contribution in [3.05, 3.63) is 33.4 Å². The molecule has 0 heterocycles. The van der Waals surface area contributed by atoms with Gasteiger partial charge in [0.1, 0.15) is 11.8 Å². The number of rotatable bonds is 17. The van der Waals surface area contributed by atoms with Crippen LogP contribution >= 0.6 is 22.6 Å². The van der Waals surface area contributed by atoms with Crippen molar-refractivity contribution in [2.24, 2.45) is 0 Å². The summed E-state index contributed by atoms with van der Waals surface area (Å²) in [5.41, 5.74) is 0.891. The molecule has 0 aliphatic rings. The number of alkyl carbamates (subject to hydrolysis) is 1. The van der Waals surface area contributed by atoms with Gasteiger partial charge in [-0.1, -0.05) is 12.1 Å². The highest BCUT2D eigenvalue weighted by molar-refractivity contribution is 14.1. The number of ether oxygens (including phenoxy) is 1. The largest absolute Gasteiger partial charge is 0.480 e. The smallest absolute Gasteiger partial charge is 0.408 e. The molecule has 4 N–H and O–H groups in total. The second-order valence-corrected chi connectivity index (χ2v) is 9.97. The minimum Gasteiger partial charge on any atom is -0.480 e. The third kappa shape index (κ3) is 13.9. The number of carboxylic acid groups (broad SMARTS) is 2. The first-order valence-electron chi connectivity index (χ1n) is 12.1. The zero-order valence-corrected chi connectivity index (χ0v) is 23.6. The molecule has 1 aromatic rings. The molecule has 0 saturated carbocycles. The average molecular weight is 643 g/mol. The highest BCUT2D eigenvalue weighted by atomic mass is 123. The fourth-order valence-electron chi connectivity index (χ4n) is 3.22. The van der Waals surface area contributed by atoms with E-state index in [0.717, 1.165) is 9.13 Å². The Morgan fingerprint density at radius 3 is 2.21 bits per heavy atom. The van der Waals surface area contributed by atoms with Crippen LogP contribution in [0.2, 0.25) is 0 Å². The van der Waals surface area contributed by atoms with Crippen LogP contribution in [0, 0.1) is 3.57 Å². The van der Waals surface area contributed by atoms with Crippen molar-refractivity contribution in [3.63, 3.8) is 0 Å². The van der Waals surface area contributed by atoms with Crippen molar-refractivity contribution in [2.75, 3.05) is 20.1 Å². The molecule has 0 aliphatic heterocycles. The maximum Gasteiger partial charge on any atom is 0.408 e. The van der Waals surface area contributed by atoms with Crippen LogP contribution in [0.5, 0.6) is 0 Å². The number of carbonyl (C=O) groups is 6. The lowest BCUT2D eigenvalue weighted by molar-refractivity contribution is -0.147. The lowest BCUT2D eigenvalue weighted by Gasteiger charge is -2.18. The van der Waals surface area contributed by atoms with Crippen LogP contribution in [0.25, 0.3) is 0 Å². The third-order valence-electron chi connectivity index (χ3n) is 5.48. The minimum absolute atomic E-state index is 0.0421. The van der Waals surface area contributed by atoms with Crippen LogP contribution in [0.1, 0.15) is 51.0 Å². The summed E-state index contributed by atoms with van der Waals surface area (Å²) in [5, 5.41) is 23.2. The molecular formula is C25H34IN3O9. The molecule has 38 heavy (non-hydrogen) atoms. The molecule has 0 fully saturated rings. The summed E-state index contributed by atoms with van der Waals surface area (Å²) >= 11 is 2.19. The first kappa shape index (κ1) is 32.8. The summed E-state index contributed by atoms with van der Waals surface area (Å²) < 4.78 is 5.92. The topological polar surface area (TPSA) is 179 Å². The number of likely N-dealkylation sites (N-methyl/N-ethyl adjacent to an activating group) is 1. The van der Waals surface area contributed by atoms with Crippen LogP contribution in [0.15, 0.2) is 24.3 Å². The number of Topliss-reactive ketones (excluding diaryl/α,β-unsaturated/α-hetero) is 1. The van der Waals surface area contributed by atoms with Crippen LogP contribution in [0.3, 0.4) is 0 Å². The number of halogens is 1. The van der Waals surface area contributed by atoms with E-state index in [2.05, 4.69) is 33.2 Å². The predicted molar refractivity (Wildman–Crippen MR) is 144 cm³/mol. The van der Waals surface area contributed by atoms with Crippen molar-refractivity contribution >= 4 is 58.2 Å². The Labute approximate surface area is 234 Å². The molecule has 2 atom stereocenters. The average Bonchev–Trinajstić information content (AvgIpc) is 2.84. The second-order valence-electron chi connectivity index (χ2n) is 8.72. The highest BCUT2D eigenvalue weighted by Gasteiger charge is 2.26. The van der Waals surface area contributed by atoms with Crippen molar-refractivity contribution in [2.45, 2.75) is 64.0 Å². The lowest BCUT2D eigenvalue weighted by atomic mass is 10.1. The number of benzene rings is 1. The van der Waals surface area contributed by atoms with Gasteiger partial charge in [-0.3, -0.25) is 9.59 Å². The van der Waals surface area contributed by atoms with E-state index in [1.807, 2.05) is 24.3 Å². The Hall–Kier alpha value is -3.23. The standard InChI is InChI=1S/C25H34IN3O9/c1-16(30)6-11-19(23(33)34)28-25(37)38-20(24(35)36)5-3-4-13-27-21(31)12-14-29(2)22(32)15-17-7-9-18(26)10-8-17/h7-10,19-20H,3-6,11-15H2,1-2H3,(H,27,31)(H,28,37)(H,33,34)(H,35,36)/t19-,20-/m0/s1/i26-4. The van der Waals surface area contributed by atoms with E-state index in [9.17, 15) is 33.9 Å². The summed E-state index contributed by atoms with van der Waals surface area (Å²) in [7, 11) is 1.63. The van der Waals surface area contributed by atoms with Crippen molar-refractivity contribution in [1.29, 1.82) is 0 Å². The lowest BCUT2D eigenvalue weighted by Crippen LogP contribution is -2.43. The zero-order chi connectivity index (χ0) is 28.7. The van der Waals surface area contributed by atoms with E-state index in [0.29, 0.717) is 12.8 Å². The van der Waals surface area contributed by atoms with Gasteiger partial charge in [0.15, 0.2) is 0 Å². The molecule has 1 aromatic carbocycles. The molecule has 0 unspecified atom stereocenters. The van der Waals surface area contributed by atoms with Gasteiger partial charge in [0.2, 0.25) is 17.9 Å². The number of nitrogens with zero attached hydrogens (tertiary/aromatic N) is 1. The molecule has 0 aliphatic carbocycles. The monoisotopic (exact) mass is 643 g/mol. The molecule has 12 nitrogen and oxygen atoms in total. The van der Waals surface area contributed by atoms with Crippen LogP contribution < -0.4 is 10.6 Å². The van der Waals surface area contributed by atoms with Crippen molar-refractivity contribution < 1.29 is 43.7 Å². The summed E-state index contributed by atoms with van der Waals surface area (Å²) in [6.45, 7) is 1.81. The van der Waals surface area contributed by atoms with E-state index < -0.39 is 30.2 Å². The van der Waals surface area contributed by atoms with Crippen LogP contribution in [-0.4, -0.2) is 83.0 Å². The van der Waals surface area contributed by atoms with E-state index in [1.54, 1.807) is 7.05 Å². The Bertz CT molecular complexity index is 985. The number of nitrogens with one attached hydrogen (secondary N) is 2. The van der Waals surface area contributed by atoms with E-state index in [-0.39, 0.29) is 62.8 Å². The van der Waals surface area contributed by atoms with Crippen molar-refractivity contribution in [1.82, 2.24) is 15.5 Å². The number of carbonyl (C=O) groups excluding carboxylic acids is 4. The Balaban J connectivity index is 2.31. The summed E-state index contributed by atoms with van der Waals surface area (Å²) in [6, 6.07) is 6.23. The van der Waals surface area contributed by atoms with Gasteiger partial charge in [-0.05, 0) is 72.9 Å².